The summed E-state index contributed by atoms with van der Waals surface area (Å²) in [5.41, 5.74) is 0. The zero-order valence-electron chi connectivity index (χ0n) is 9.19. The lowest BCUT2D eigenvalue weighted by Gasteiger charge is -2.23. The molecule has 1 atom stereocenters. The molecular formula is C10H14BrN3O2S. The van der Waals surface area contributed by atoms with Crippen LogP contribution in [0.2, 0.25) is 0 Å². The van der Waals surface area contributed by atoms with E-state index in [0.29, 0.717) is 23.3 Å². The third-order valence-corrected chi connectivity index (χ3v) is 5.09. The Hall–Kier alpha value is -0.660. The molecule has 1 saturated heterocycles. The Morgan fingerprint density at radius 3 is 3.00 bits per heavy atom. The summed E-state index contributed by atoms with van der Waals surface area (Å²) in [6.45, 7) is 1.39. The van der Waals surface area contributed by atoms with Gasteiger partial charge in [-0.3, -0.25) is 4.72 Å². The molecule has 0 amide bonds. The van der Waals surface area contributed by atoms with Gasteiger partial charge in [-0.05, 0) is 47.4 Å². The fourth-order valence-electron chi connectivity index (χ4n) is 1.76. The lowest BCUT2D eigenvalue weighted by atomic mass is 10.2. The summed E-state index contributed by atoms with van der Waals surface area (Å²) in [6, 6.07) is 3.49. The summed E-state index contributed by atoms with van der Waals surface area (Å²) in [5, 5.41) is 2.71. The predicted molar refractivity (Wildman–Crippen MR) is 70.4 cm³/mol. The number of hydrogen-bond acceptors (Lipinski definition) is 4. The molecule has 1 aromatic heterocycles. The zero-order chi connectivity index (χ0) is 12.3. The molecule has 1 aromatic rings. The van der Waals surface area contributed by atoms with Gasteiger partial charge in [0, 0.05) is 12.7 Å². The summed E-state index contributed by atoms with van der Waals surface area (Å²) < 4.78 is 27.4. The number of nitrogens with one attached hydrogen (secondary N) is 2. The predicted octanol–water partition coefficient (Wildman–Crippen LogP) is 1.34. The van der Waals surface area contributed by atoms with Crippen LogP contribution in [0.5, 0.6) is 0 Å². The van der Waals surface area contributed by atoms with Crippen molar-refractivity contribution >= 4 is 31.8 Å². The van der Waals surface area contributed by atoms with Crippen molar-refractivity contribution in [1.29, 1.82) is 0 Å². The molecule has 1 unspecified atom stereocenters. The molecule has 0 saturated carbocycles. The number of nitrogens with zero attached hydrogens (tertiary/aromatic N) is 1. The minimum Gasteiger partial charge on any atom is -0.315 e. The second kappa shape index (κ2) is 5.32. The van der Waals surface area contributed by atoms with E-state index >= 15 is 0 Å². The van der Waals surface area contributed by atoms with Crippen LogP contribution in [0.4, 0.5) is 5.82 Å². The second-order valence-electron chi connectivity index (χ2n) is 3.95. The minimum atomic E-state index is -3.36. The molecule has 2 N–H and O–H groups in total. The van der Waals surface area contributed by atoms with E-state index in [1.165, 1.54) is 0 Å². The average Bonchev–Trinajstić information content (AvgIpc) is 2.33. The number of aromatic nitrogens is 1. The van der Waals surface area contributed by atoms with Crippen LogP contribution in [0.1, 0.15) is 12.8 Å². The molecule has 2 heterocycles. The summed E-state index contributed by atoms with van der Waals surface area (Å²) in [5.74, 6) is 0.345. The first kappa shape index (κ1) is 12.8. The van der Waals surface area contributed by atoms with Crippen molar-refractivity contribution in [1.82, 2.24) is 10.3 Å². The van der Waals surface area contributed by atoms with Crippen LogP contribution in [-0.2, 0) is 10.0 Å². The monoisotopic (exact) mass is 319 g/mol. The van der Waals surface area contributed by atoms with Gasteiger partial charge >= 0.3 is 0 Å². The molecule has 0 radical (unpaired) electrons. The smallest absolute Gasteiger partial charge is 0.238 e. The van der Waals surface area contributed by atoms with Crippen molar-refractivity contribution in [3.8, 4) is 0 Å². The topological polar surface area (TPSA) is 71.1 Å². The van der Waals surface area contributed by atoms with Gasteiger partial charge in [0.25, 0.3) is 0 Å². The molecule has 0 aliphatic carbocycles. The molecule has 2 rings (SSSR count). The van der Waals surface area contributed by atoms with E-state index in [9.17, 15) is 8.42 Å². The molecule has 17 heavy (non-hydrogen) atoms. The number of sulfonamides is 1. The number of hydrogen-bond donors (Lipinski definition) is 2. The lowest BCUT2D eigenvalue weighted by Crippen LogP contribution is -2.41. The van der Waals surface area contributed by atoms with Crippen LogP contribution in [0.3, 0.4) is 0 Å². The maximum absolute atomic E-state index is 12.1. The molecule has 1 aliphatic heterocycles. The average molecular weight is 320 g/mol. The third-order valence-electron chi connectivity index (χ3n) is 2.69. The van der Waals surface area contributed by atoms with E-state index in [4.69, 9.17) is 0 Å². The molecule has 0 spiro atoms. The maximum atomic E-state index is 12.1. The highest BCUT2D eigenvalue weighted by atomic mass is 79.9. The van der Waals surface area contributed by atoms with Crippen LogP contribution in [0.15, 0.2) is 22.8 Å². The van der Waals surface area contributed by atoms with Crippen molar-refractivity contribution < 1.29 is 8.42 Å². The largest absolute Gasteiger partial charge is 0.315 e. The Kier molecular flexibility index (Phi) is 4.01. The number of pyridine rings is 1. The zero-order valence-corrected chi connectivity index (χ0v) is 11.6. The Morgan fingerprint density at radius 2 is 2.35 bits per heavy atom. The van der Waals surface area contributed by atoms with Gasteiger partial charge in [0.1, 0.15) is 0 Å². The van der Waals surface area contributed by atoms with Gasteiger partial charge in [-0.1, -0.05) is 0 Å². The number of anilines is 1. The molecule has 1 fully saturated rings. The van der Waals surface area contributed by atoms with Crippen LogP contribution >= 0.6 is 15.9 Å². The molecule has 94 valence electrons. The first-order valence-corrected chi connectivity index (χ1v) is 7.76. The molecule has 0 aromatic carbocycles. The first-order valence-electron chi connectivity index (χ1n) is 5.42. The van der Waals surface area contributed by atoms with E-state index < -0.39 is 10.0 Å². The minimum absolute atomic E-state index is 0.345. The van der Waals surface area contributed by atoms with E-state index in [0.717, 1.165) is 13.0 Å². The summed E-state index contributed by atoms with van der Waals surface area (Å²) in [4.78, 5) is 4.00. The fraction of sp³-hybridized carbons (Fsp3) is 0.500. The van der Waals surface area contributed by atoms with Crippen LogP contribution in [0, 0.1) is 0 Å². The van der Waals surface area contributed by atoms with E-state index in [2.05, 4.69) is 31.0 Å². The van der Waals surface area contributed by atoms with Gasteiger partial charge in [-0.15, -0.1) is 0 Å². The molecule has 5 nitrogen and oxygen atoms in total. The number of halogens is 1. The van der Waals surface area contributed by atoms with Crippen molar-refractivity contribution in [2.45, 2.75) is 18.1 Å². The Balaban J connectivity index is 2.14. The Bertz CT molecular complexity index is 486. The quantitative estimate of drug-likeness (QED) is 0.882. The maximum Gasteiger partial charge on any atom is 0.238 e. The summed E-state index contributed by atoms with van der Waals surface area (Å²) in [6.07, 6.45) is 3.13. The van der Waals surface area contributed by atoms with Crippen molar-refractivity contribution in [2.75, 3.05) is 17.8 Å². The SMILES string of the molecule is O=S(=O)(Nc1ncccc1Br)C1CCCNC1. The van der Waals surface area contributed by atoms with Crippen LogP contribution in [0.25, 0.3) is 0 Å². The highest BCUT2D eigenvalue weighted by Crippen LogP contribution is 2.22. The number of piperidine rings is 1. The van der Waals surface area contributed by atoms with Gasteiger partial charge < -0.3 is 5.32 Å². The standard InChI is InChI=1S/C10H14BrN3O2S/c11-9-4-2-6-13-10(9)14-17(15,16)8-3-1-5-12-7-8/h2,4,6,8,12H,1,3,5,7H2,(H,13,14). The highest BCUT2D eigenvalue weighted by Gasteiger charge is 2.27. The van der Waals surface area contributed by atoms with Crippen molar-refractivity contribution in [3.05, 3.63) is 22.8 Å². The van der Waals surface area contributed by atoms with Gasteiger partial charge in [-0.2, -0.15) is 0 Å². The van der Waals surface area contributed by atoms with Crippen LogP contribution < -0.4 is 10.0 Å². The van der Waals surface area contributed by atoms with Crippen LogP contribution in [-0.4, -0.2) is 31.7 Å². The van der Waals surface area contributed by atoms with Gasteiger partial charge in [-0.25, -0.2) is 13.4 Å². The Morgan fingerprint density at radius 1 is 1.53 bits per heavy atom. The first-order chi connectivity index (χ1) is 8.09. The Labute approximate surface area is 109 Å². The van der Waals surface area contributed by atoms with E-state index in [1.807, 2.05) is 0 Å². The third kappa shape index (κ3) is 3.17. The van der Waals surface area contributed by atoms with Crippen molar-refractivity contribution in [3.63, 3.8) is 0 Å². The second-order valence-corrected chi connectivity index (χ2v) is 6.76. The molecule has 7 heteroatoms. The summed E-state index contributed by atoms with van der Waals surface area (Å²) >= 11 is 3.27. The van der Waals surface area contributed by atoms with E-state index in [1.54, 1.807) is 18.3 Å². The number of rotatable bonds is 3. The van der Waals surface area contributed by atoms with Gasteiger partial charge in [0.2, 0.25) is 10.0 Å². The highest BCUT2D eigenvalue weighted by molar-refractivity contribution is 9.10. The summed E-state index contributed by atoms with van der Waals surface area (Å²) in [7, 11) is -3.36. The lowest BCUT2D eigenvalue weighted by molar-refractivity contribution is 0.499. The fourth-order valence-corrected chi connectivity index (χ4v) is 3.66. The van der Waals surface area contributed by atoms with Crippen molar-refractivity contribution in [2.24, 2.45) is 0 Å². The van der Waals surface area contributed by atoms with Gasteiger partial charge in [0.15, 0.2) is 5.82 Å². The molecule has 0 bridgehead atoms. The molecule has 1 aliphatic rings. The normalized spacial score (nSPS) is 21.1. The van der Waals surface area contributed by atoms with E-state index in [-0.39, 0.29) is 5.25 Å². The van der Waals surface area contributed by atoms with Gasteiger partial charge in [0.05, 0.1) is 9.72 Å². The molecular weight excluding hydrogens is 306 g/mol.